The Kier molecular flexibility index (Phi) is 2.89. The van der Waals surface area contributed by atoms with Gasteiger partial charge in [0, 0.05) is 0 Å². The third-order valence-electron chi connectivity index (χ3n) is 2.15. The summed E-state index contributed by atoms with van der Waals surface area (Å²) < 4.78 is 15.5. The summed E-state index contributed by atoms with van der Waals surface area (Å²) in [5.41, 5.74) is -0.206. The fourth-order valence-electron chi connectivity index (χ4n) is 1.50. The molecule has 1 rings (SSSR count). The Bertz CT molecular complexity index is 223. The maximum atomic E-state index is 10.7. The molecule has 13 heavy (non-hydrogen) atoms. The van der Waals surface area contributed by atoms with E-state index >= 15 is 0 Å². The van der Waals surface area contributed by atoms with E-state index in [0.717, 1.165) is 12.8 Å². The third kappa shape index (κ3) is 3.77. The Morgan fingerprint density at radius 2 is 1.85 bits per heavy atom. The zero-order valence-corrected chi connectivity index (χ0v) is 9.12. The third-order valence-corrected chi connectivity index (χ3v) is 2.66. The molecule has 5 heteroatoms. The first kappa shape index (κ1) is 11.2. The van der Waals surface area contributed by atoms with Crippen molar-refractivity contribution in [3.8, 4) is 0 Å². The maximum Gasteiger partial charge on any atom is 0.469 e. The van der Waals surface area contributed by atoms with Crippen LogP contribution in [0.15, 0.2) is 0 Å². The van der Waals surface area contributed by atoms with Gasteiger partial charge in [-0.1, -0.05) is 20.8 Å². The molecule has 1 atom stereocenters. The molecule has 0 aromatic heterocycles. The molecular formula is C8H17O4P. The van der Waals surface area contributed by atoms with Gasteiger partial charge in [-0.15, -0.1) is 0 Å². The molecule has 78 valence electrons. The molecule has 1 saturated carbocycles. The molecule has 4 nitrogen and oxygen atoms in total. The van der Waals surface area contributed by atoms with Crippen LogP contribution in [0.25, 0.3) is 0 Å². The SMILES string of the molecule is CC(C)(C)[C@@H](OP(=O)(O)O)C1CC1. The highest BCUT2D eigenvalue weighted by Crippen LogP contribution is 2.50. The number of hydrogen-bond donors (Lipinski definition) is 2. The summed E-state index contributed by atoms with van der Waals surface area (Å²) in [5.74, 6) is 0.327. The second-order valence-corrected chi connectivity index (χ2v) is 5.91. The van der Waals surface area contributed by atoms with E-state index in [1.165, 1.54) is 0 Å². The Morgan fingerprint density at radius 1 is 1.38 bits per heavy atom. The van der Waals surface area contributed by atoms with Gasteiger partial charge in [-0.3, -0.25) is 4.52 Å². The number of phosphoric ester groups is 1. The minimum Gasteiger partial charge on any atom is -0.303 e. The predicted molar refractivity (Wildman–Crippen MR) is 49.1 cm³/mol. The molecule has 0 bridgehead atoms. The van der Waals surface area contributed by atoms with Crippen molar-refractivity contribution >= 4 is 7.82 Å². The summed E-state index contributed by atoms with van der Waals surface area (Å²) in [4.78, 5) is 17.4. The molecule has 0 amide bonds. The molecule has 0 aromatic carbocycles. The standard InChI is InChI=1S/C8H17O4P/c1-8(2,3)7(6-4-5-6)12-13(9,10)11/h6-7H,4-5H2,1-3H3,(H2,9,10,11)/t7-/m0/s1. The highest BCUT2D eigenvalue weighted by Gasteiger charge is 2.42. The van der Waals surface area contributed by atoms with Crippen LogP contribution in [0.5, 0.6) is 0 Å². The summed E-state index contributed by atoms with van der Waals surface area (Å²) in [5, 5.41) is 0. The van der Waals surface area contributed by atoms with E-state index in [1.54, 1.807) is 0 Å². The van der Waals surface area contributed by atoms with Crippen LogP contribution >= 0.6 is 7.82 Å². The van der Waals surface area contributed by atoms with Crippen LogP contribution in [0.1, 0.15) is 33.6 Å². The zero-order chi connectivity index (χ0) is 10.3. The first-order valence-electron chi connectivity index (χ1n) is 4.44. The molecule has 0 unspecified atom stereocenters. The molecule has 0 spiro atoms. The number of hydrogen-bond acceptors (Lipinski definition) is 2. The largest absolute Gasteiger partial charge is 0.469 e. The van der Waals surface area contributed by atoms with Crippen LogP contribution in [-0.4, -0.2) is 15.9 Å². The summed E-state index contributed by atoms with van der Waals surface area (Å²) in [6.07, 6.45) is 1.71. The van der Waals surface area contributed by atoms with Crippen LogP contribution in [0.3, 0.4) is 0 Å². The van der Waals surface area contributed by atoms with Crippen molar-refractivity contribution in [3.63, 3.8) is 0 Å². The summed E-state index contributed by atoms with van der Waals surface area (Å²) in [6.45, 7) is 5.81. The smallest absolute Gasteiger partial charge is 0.303 e. The summed E-state index contributed by atoms with van der Waals surface area (Å²) in [6, 6.07) is 0. The van der Waals surface area contributed by atoms with E-state index in [-0.39, 0.29) is 11.5 Å². The van der Waals surface area contributed by atoms with Crippen LogP contribution in [0.2, 0.25) is 0 Å². The molecule has 1 aliphatic carbocycles. The minimum atomic E-state index is -4.33. The molecular weight excluding hydrogens is 191 g/mol. The van der Waals surface area contributed by atoms with Crippen molar-refractivity contribution in [2.45, 2.75) is 39.7 Å². The lowest BCUT2D eigenvalue weighted by Gasteiger charge is -2.30. The number of phosphoric acid groups is 1. The van der Waals surface area contributed by atoms with Gasteiger partial charge in [-0.2, -0.15) is 0 Å². The van der Waals surface area contributed by atoms with E-state index in [4.69, 9.17) is 14.3 Å². The second kappa shape index (κ2) is 3.35. The lowest BCUT2D eigenvalue weighted by atomic mass is 9.86. The van der Waals surface area contributed by atoms with Gasteiger partial charge in [0.05, 0.1) is 6.10 Å². The van der Waals surface area contributed by atoms with Gasteiger partial charge in [-0.25, -0.2) is 4.57 Å². The quantitative estimate of drug-likeness (QED) is 0.695. The Hall–Kier alpha value is 0.110. The molecule has 0 saturated heterocycles. The normalized spacial score (nSPS) is 21.6. The van der Waals surface area contributed by atoms with Crippen LogP contribution in [-0.2, 0) is 9.09 Å². The van der Waals surface area contributed by atoms with Gasteiger partial charge < -0.3 is 9.79 Å². The van der Waals surface area contributed by atoms with E-state index < -0.39 is 7.82 Å². The Morgan fingerprint density at radius 3 is 2.08 bits per heavy atom. The van der Waals surface area contributed by atoms with Gasteiger partial charge >= 0.3 is 7.82 Å². The molecule has 1 aliphatic rings. The van der Waals surface area contributed by atoms with Crippen molar-refractivity contribution in [1.29, 1.82) is 0 Å². The lowest BCUT2D eigenvalue weighted by molar-refractivity contribution is 0.0371. The van der Waals surface area contributed by atoms with E-state index in [1.807, 2.05) is 20.8 Å². The molecule has 0 aromatic rings. The predicted octanol–water partition coefficient (Wildman–Crippen LogP) is 1.92. The summed E-state index contributed by atoms with van der Waals surface area (Å²) in [7, 11) is -4.33. The molecule has 2 N–H and O–H groups in total. The van der Waals surface area contributed by atoms with E-state index in [0.29, 0.717) is 5.92 Å². The molecule has 0 radical (unpaired) electrons. The highest BCUT2D eigenvalue weighted by atomic mass is 31.2. The average Bonchev–Trinajstić information content (AvgIpc) is 2.58. The zero-order valence-electron chi connectivity index (χ0n) is 8.23. The van der Waals surface area contributed by atoms with Gasteiger partial charge in [0.25, 0.3) is 0 Å². The highest BCUT2D eigenvalue weighted by molar-refractivity contribution is 7.46. The summed E-state index contributed by atoms with van der Waals surface area (Å²) >= 11 is 0. The monoisotopic (exact) mass is 208 g/mol. The molecule has 1 fully saturated rings. The van der Waals surface area contributed by atoms with Crippen molar-refractivity contribution in [2.75, 3.05) is 0 Å². The van der Waals surface area contributed by atoms with Gasteiger partial charge in [0.1, 0.15) is 0 Å². The van der Waals surface area contributed by atoms with Crippen molar-refractivity contribution in [2.24, 2.45) is 11.3 Å². The van der Waals surface area contributed by atoms with Gasteiger partial charge in [-0.05, 0) is 24.2 Å². The number of rotatable bonds is 3. The molecule has 0 heterocycles. The Labute approximate surface area is 78.5 Å². The maximum absolute atomic E-state index is 10.7. The first-order chi connectivity index (χ1) is 5.70. The topological polar surface area (TPSA) is 66.8 Å². The van der Waals surface area contributed by atoms with Crippen LogP contribution in [0.4, 0.5) is 0 Å². The fourth-order valence-corrected chi connectivity index (χ4v) is 2.28. The Balaban J connectivity index is 2.64. The van der Waals surface area contributed by atoms with Crippen molar-refractivity contribution in [1.82, 2.24) is 0 Å². The lowest BCUT2D eigenvalue weighted by Crippen LogP contribution is -2.30. The van der Waals surface area contributed by atoms with Crippen LogP contribution in [0, 0.1) is 11.3 Å². The van der Waals surface area contributed by atoms with Crippen molar-refractivity contribution < 1.29 is 18.9 Å². The molecule has 0 aliphatic heterocycles. The van der Waals surface area contributed by atoms with Gasteiger partial charge in [0.15, 0.2) is 0 Å². The fraction of sp³-hybridized carbons (Fsp3) is 1.00. The van der Waals surface area contributed by atoms with Crippen LogP contribution < -0.4 is 0 Å². The van der Waals surface area contributed by atoms with E-state index in [2.05, 4.69) is 0 Å². The van der Waals surface area contributed by atoms with E-state index in [9.17, 15) is 4.57 Å². The first-order valence-corrected chi connectivity index (χ1v) is 5.97. The average molecular weight is 208 g/mol. The van der Waals surface area contributed by atoms with Crippen molar-refractivity contribution in [3.05, 3.63) is 0 Å². The minimum absolute atomic E-state index is 0.206. The van der Waals surface area contributed by atoms with Gasteiger partial charge in [0.2, 0.25) is 0 Å². The second-order valence-electron chi connectivity index (χ2n) is 4.72.